The van der Waals surface area contributed by atoms with E-state index in [1.165, 1.54) is 45.3 Å². The van der Waals surface area contributed by atoms with E-state index in [4.69, 9.17) is 4.74 Å². The van der Waals surface area contributed by atoms with Crippen molar-refractivity contribution in [3.63, 3.8) is 0 Å². The molecular formula is C15H30N2O. The first-order chi connectivity index (χ1) is 8.72. The van der Waals surface area contributed by atoms with Crippen LogP contribution in [0.2, 0.25) is 0 Å². The number of hydrogen-bond acceptors (Lipinski definition) is 3. The molecule has 3 heteroatoms. The second-order valence-corrected chi connectivity index (χ2v) is 5.43. The standard InChI is InChI=1S/C15H30N2O/c1-4-9-17-10-5-6-15(7-11-17)16-8-12-18-13-14(2)3/h15-16H,2,4-13H2,1,3H3. The quantitative estimate of drug-likeness (QED) is 0.532. The van der Waals surface area contributed by atoms with Crippen molar-refractivity contribution in [2.45, 2.75) is 45.6 Å². The van der Waals surface area contributed by atoms with Gasteiger partial charge < -0.3 is 15.0 Å². The summed E-state index contributed by atoms with van der Waals surface area (Å²) in [5, 5.41) is 3.62. The van der Waals surface area contributed by atoms with Crippen LogP contribution in [0.3, 0.4) is 0 Å². The molecule has 0 radical (unpaired) electrons. The van der Waals surface area contributed by atoms with Gasteiger partial charge in [-0.15, -0.1) is 0 Å². The number of nitrogens with zero attached hydrogens (tertiary/aromatic N) is 1. The normalized spacial score (nSPS) is 21.8. The van der Waals surface area contributed by atoms with Gasteiger partial charge in [0.25, 0.3) is 0 Å². The lowest BCUT2D eigenvalue weighted by Crippen LogP contribution is -2.33. The van der Waals surface area contributed by atoms with Crippen LogP contribution in [0.1, 0.15) is 39.5 Å². The van der Waals surface area contributed by atoms with Crippen molar-refractivity contribution >= 4 is 0 Å². The van der Waals surface area contributed by atoms with Crippen LogP contribution >= 0.6 is 0 Å². The monoisotopic (exact) mass is 254 g/mol. The minimum atomic E-state index is 0.681. The van der Waals surface area contributed by atoms with E-state index in [-0.39, 0.29) is 0 Å². The van der Waals surface area contributed by atoms with Crippen molar-refractivity contribution in [3.8, 4) is 0 Å². The van der Waals surface area contributed by atoms with Crippen LogP contribution in [0.5, 0.6) is 0 Å². The highest BCUT2D eigenvalue weighted by Gasteiger charge is 2.15. The van der Waals surface area contributed by atoms with E-state index in [1.54, 1.807) is 0 Å². The lowest BCUT2D eigenvalue weighted by atomic mass is 10.1. The first-order valence-electron chi connectivity index (χ1n) is 7.40. The Kier molecular flexibility index (Phi) is 8.31. The van der Waals surface area contributed by atoms with E-state index in [1.807, 2.05) is 6.92 Å². The number of ether oxygens (including phenoxy) is 1. The number of rotatable bonds is 8. The highest BCUT2D eigenvalue weighted by atomic mass is 16.5. The predicted octanol–water partition coefficient (Wildman–Crippen LogP) is 2.43. The number of nitrogens with one attached hydrogen (secondary N) is 1. The molecule has 0 amide bonds. The van der Waals surface area contributed by atoms with Crippen molar-refractivity contribution in [1.82, 2.24) is 10.2 Å². The molecule has 1 rings (SSSR count). The summed E-state index contributed by atoms with van der Waals surface area (Å²) in [6.45, 7) is 14.3. The summed E-state index contributed by atoms with van der Waals surface area (Å²) in [4.78, 5) is 2.60. The Morgan fingerprint density at radius 3 is 2.94 bits per heavy atom. The molecule has 0 saturated carbocycles. The van der Waals surface area contributed by atoms with E-state index in [0.29, 0.717) is 12.6 Å². The highest BCUT2D eigenvalue weighted by Crippen LogP contribution is 2.11. The topological polar surface area (TPSA) is 24.5 Å². The molecule has 0 aliphatic carbocycles. The second-order valence-electron chi connectivity index (χ2n) is 5.43. The first-order valence-corrected chi connectivity index (χ1v) is 7.40. The van der Waals surface area contributed by atoms with Gasteiger partial charge in [0, 0.05) is 12.6 Å². The molecule has 1 saturated heterocycles. The van der Waals surface area contributed by atoms with Gasteiger partial charge >= 0.3 is 0 Å². The largest absolute Gasteiger partial charge is 0.376 e. The third kappa shape index (κ3) is 7.14. The molecule has 0 aromatic rings. The maximum Gasteiger partial charge on any atom is 0.0672 e. The Hall–Kier alpha value is -0.380. The van der Waals surface area contributed by atoms with Gasteiger partial charge in [-0.3, -0.25) is 0 Å². The van der Waals surface area contributed by atoms with Crippen molar-refractivity contribution in [3.05, 3.63) is 12.2 Å². The van der Waals surface area contributed by atoms with E-state index < -0.39 is 0 Å². The second kappa shape index (κ2) is 9.54. The Bertz CT molecular complexity index is 231. The molecule has 1 atom stereocenters. The van der Waals surface area contributed by atoms with Crippen LogP contribution in [0.4, 0.5) is 0 Å². The van der Waals surface area contributed by atoms with Gasteiger partial charge in [-0.2, -0.15) is 0 Å². The molecule has 3 nitrogen and oxygen atoms in total. The van der Waals surface area contributed by atoms with Gasteiger partial charge in [0.2, 0.25) is 0 Å². The van der Waals surface area contributed by atoms with E-state index >= 15 is 0 Å². The van der Waals surface area contributed by atoms with Gasteiger partial charge in [-0.1, -0.05) is 19.1 Å². The van der Waals surface area contributed by atoms with Gasteiger partial charge in [-0.05, 0) is 52.2 Å². The average molecular weight is 254 g/mol. The Morgan fingerprint density at radius 2 is 2.22 bits per heavy atom. The average Bonchev–Trinajstić information content (AvgIpc) is 2.55. The molecule has 106 valence electrons. The molecule has 1 fully saturated rings. The van der Waals surface area contributed by atoms with Crippen molar-refractivity contribution in [1.29, 1.82) is 0 Å². The summed E-state index contributed by atoms with van der Waals surface area (Å²) in [7, 11) is 0. The minimum Gasteiger partial charge on any atom is -0.376 e. The highest BCUT2D eigenvalue weighted by molar-refractivity contribution is 4.87. The lowest BCUT2D eigenvalue weighted by Gasteiger charge is -2.19. The number of likely N-dealkylation sites (tertiary alicyclic amines) is 1. The summed E-state index contributed by atoms with van der Waals surface area (Å²) in [5.41, 5.74) is 1.10. The Labute approximate surface area is 113 Å². The first kappa shape index (κ1) is 15.7. The molecule has 0 spiro atoms. The van der Waals surface area contributed by atoms with Crippen molar-refractivity contribution < 1.29 is 4.74 Å². The fraction of sp³-hybridized carbons (Fsp3) is 0.867. The minimum absolute atomic E-state index is 0.681. The van der Waals surface area contributed by atoms with E-state index in [0.717, 1.165) is 18.7 Å². The molecule has 0 bridgehead atoms. The molecule has 0 aromatic carbocycles. The lowest BCUT2D eigenvalue weighted by molar-refractivity contribution is 0.154. The van der Waals surface area contributed by atoms with Crippen molar-refractivity contribution in [2.24, 2.45) is 0 Å². The summed E-state index contributed by atoms with van der Waals surface area (Å²) in [6, 6.07) is 0.681. The molecule has 0 aromatic heterocycles. The van der Waals surface area contributed by atoms with Gasteiger partial charge in [0.05, 0.1) is 13.2 Å². The van der Waals surface area contributed by atoms with E-state index in [2.05, 4.69) is 23.7 Å². The summed E-state index contributed by atoms with van der Waals surface area (Å²) < 4.78 is 5.50. The van der Waals surface area contributed by atoms with Crippen LogP contribution in [0, 0.1) is 0 Å². The Morgan fingerprint density at radius 1 is 1.39 bits per heavy atom. The van der Waals surface area contributed by atoms with Crippen molar-refractivity contribution in [2.75, 3.05) is 39.4 Å². The fourth-order valence-electron chi connectivity index (χ4n) is 2.48. The van der Waals surface area contributed by atoms with Gasteiger partial charge in [0.15, 0.2) is 0 Å². The maximum atomic E-state index is 5.50. The van der Waals surface area contributed by atoms with Crippen LogP contribution in [-0.4, -0.2) is 50.3 Å². The van der Waals surface area contributed by atoms with Crippen LogP contribution in [0.15, 0.2) is 12.2 Å². The molecular weight excluding hydrogens is 224 g/mol. The third-order valence-corrected chi connectivity index (χ3v) is 3.39. The van der Waals surface area contributed by atoms with Gasteiger partial charge in [-0.25, -0.2) is 0 Å². The van der Waals surface area contributed by atoms with Crippen LogP contribution in [-0.2, 0) is 4.74 Å². The summed E-state index contributed by atoms with van der Waals surface area (Å²) in [5.74, 6) is 0. The number of hydrogen-bond donors (Lipinski definition) is 1. The zero-order chi connectivity index (χ0) is 13.2. The Balaban J connectivity index is 2.06. The molecule has 1 N–H and O–H groups in total. The predicted molar refractivity (Wildman–Crippen MR) is 78.0 cm³/mol. The van der Waals surface area contributed by atoms with Crippen LogP contribution < -0.4 is 5.32 Å². The maximum absolute atomic E-state index is 5.50. The molecule has 18 heavy (non-hydrogen) atoms. The summed E-state index contributed by atoms with van der Waals surface area (Å²) >= 11 is 0. The van der Waals surface area contributed by atoms with Crippen LogP contribution in [0.25, 0.3) is 0 Å². The van der Waals surface area contributed by atoms with E-state index in [9.17, 15) is 0 Å². The molecule has 1 aliphatic rings. The van der Waals surface area contributed by atoms with Gasteiger partial charge in [0.1, 0.15) is 0 Å². The molecule has 1 unspecified atom stereocenters. The SMILES string of the molecule is C=C(C)COCCNC1CCCN(CCC)CC1. The zero-order valence-corrected chi connectivity index (χ0v) is 12.2. The molecule has 1 heterocycles. The molecule has 1 aliphatic heterocycles. The smallest absolute Gasteiger partial charge is 0.0672 e. The fourth-order valence-corrected chi connectivity index (χ4v) is 2.48. The summed E-state index contributed by atoms with van der Waals surface area (Å²) in [6.07, 6.45) is 5.18. The zero-order valence-electron chi connectivity index (χ0n) is 12.2. The third-order valence-electron chi connectivity index (χ3n) is 3.39.